The van der Waals surface area contributed by atoms with Crippen LogP contribution >= 0.6 is 11.3 Å². The zero-order valence-electron chi connectivity index (χ0n) is 8.85. The van der Waals surface area contributed by atoms with E-state index >= 15 is 0 Å². The van der Waals surface area contributed by atoms with Gasteiger partial charge in [-0.25, -0.2) is 9.98 Å². The zero-order valence-corrected chi connectivity index (χ0v) is 9.66. The second-order valence-corrected chi connectivity index (χ2v) is 4.23. The van der Waals surface area contributed by atoms with Gasteiger partial charge in [-0.3, -0.25) is 10.1 Å². The molecule has 0 amide bonds. The van der Waals surface area contributed by atoms with Gasteiger partial charge in [-0.05, 0) is 23.5 Å². The summed E-state index contributed by atoms with van der Waals surface area (Å²) in [5.74, 6) is -0.195. The molecule has 18 heavy (non-hydrogen) atoms. The van der Waals surface area contributed by atoms with Crippen LogP contribution in [0.1, 0.15) is 5.56 Å². The highest BCUT2D eigenvalue weighted by Gasteiger charge is 2.10. The smallest absolute Gasteiger partial charge is 0.345 e. The molecule has 0 fully saturated rings. The summed E-state index contributed by atoms with van der Waals surface area (Å²) >= 11 is 0.830. The van der Waals surface area contributed by atoms with Gasteiger partial charge in [0.2, 0.25) is 5.13 Å². The Kier molecular flexibility index (Phi) is 3.20. The van der Waals surface area contributed by atoms with Crippen molar-refractivity contribution >= 4 is 27.7 Å². The minimum Gasteiger partial charge on any atom is -0.508 e. The average Bonchev–Trinajstić information content (AvgIpc) is 2.76. The number of thiazole rings is 1. The van der Waals surface area contributed by atoms with Crippen molar-refractivity contribution in [1.29, 1.82) is 0 Å². The van der Waals surface area contributed by atoms with Crippen LogP contribution < -0.4 is 0 Å². The van der Waals surface area contributed by atoms with Gasteiger partial charge in [-0.1, -0.05) is 0 Å². The lowest BCUT2D eigenvalue weighted by Gasteiger charge is -1.97. The maximum atomic E-state index is 10.4. The first kappa shape index (κ1) is 12.0. The molecule has 2 aromatic rings. The third-order valence-corrected chi connectivity index (χ3v) is 2.85. The first-order chi connectivity index (χ1) is 8.56. The molecule has 0 aliphatic carbocycles. The third-order valence-electron chi connectivity index (χ3n) is 1.99. The number of phenols is 2. The predicted octanol–water partition coefficient (Wildman–Crippen LogP) is 2.21. The number of hydrogen-bond donors (Lipinski definition) is 2. The summed E-state index contributed by atoms with van der Waals surface area (Å²) in [6, 6.07) is 4.03. The van der Waals surface area contributed by atoms with Gasteiger partial charge in [-0.2, -0.15) is 0 Å². The Morgan fingerprint density at radius 1 is 1.44 bits per heavy atom. The van der Waals surface area contributed by atoms with Gasteiger partial charge >= 0.3 is 5.00 Å². The second-order valence-electron chi connectivity index (χ2n) is 3.24. The van der Waals surface area contributed by atoms with E-state index in [1.807, 2.05) is 0 Å². The monoisotopic (exact) mass is 265 g/mol. The predicted molar refractivity (Wildman–Crippen MR) is 65.8 cm³/mol. The first-order valence-corrected chi connectivity index (χ1v) is 5.54. The first-order valence-electron chi connectivity index (χ1n) is 4.72. The third kappa shape index (κ3) is 2.61. The molecule has 2 rings (SSSR count). The summed E-state index contributed by atoms with van der Waals surface area (Å²) < 4.78 is 0. The van der Waals surface area contributed by atoms with Crippen molar-refractivity contribution in [1.82, 2.24) is 4.98 Å². The maximum Gasteiger partial charge on any atom is 0.345 e. The summed E-state index contributed by atoms with van der Waals surface area (Å²) in [7, 11) is 0. The largest absolute Gasteiger partial charge is 0.508 e. The van der Waals surface area contributed by atoms with Crippen molar-refractivity contribution in [3.8, 4) is 11.5 Å². The van der Waals surface area contributed by atoms with Gasteiger partial charge in [-0.15, -0.1) is 0 Å². The lowest BCUT2D eigenvalue weighted by molar-refractivity contribution is -0.380. The number of hydrogen-bond acceptors (Lipinski definition) is 7. The summed E-state index contributed by atoms with van der Waals surface area (Å²) in [6.07, 6.45) is 2.44. The summed E-state index contributed by atoms with van der Waals surface area (Å²) in [6.45, 7) is 0. The highest BCUT2D eigenvalue weighted by molar-refractivity contribution is 7.18. The SMILES string of the molecule is O=[N+]([O-])c1cnc(/N=C\c2ccc(O)cc2O)s1. The molecule has 8 heteroatoms. The van der Waals surface area contributed by atoms with E-state index in [1.54, 1.807) is 0 Å². The Hall–Kier alpha value is -2.48. The fourth-order valence-electron chi connectivity index (χ4n) is 1.17. The van der Waals surface area contributed by atoms with Crippen LogP contribution in [0.2, 0.25) is 0 Å². The summed E-state index contributed by atoms with van der Waals surface area (Å²) in [5.41, 5.74) is 0.380. The number of nitro groups is 1. The van der Waals surface area contributed by atoms with Gasteiger partial charge in [0, 0.05) is 17.8 Å². The van der Waals surface area contributed by atoms with Crippen LogP contribution in [0.15, 0.2) is 29.4 Å². The van der Waals surface area contributed by atoms with Crippen molar-refractivity contribution in [2.75, 3.05) is 0 Å². The maximum absolute atomic E-state index is 10.4. The van der Waals surface area contributed by atoms with E-state index in [4.69, 9.17) is 5.11 Å². The Balaban J connectivity index is 2.21. The van der Waals surface area contributed by atoms with Crippen LogP contribution in [0.4, 0.5) is 10.1 Å². The van der Waals surface area contributed by atoms with E-state index in [1.165, 1.54) is 24.4 Å². The molecule has 0 bridgehead atoms. The molecule has 92 valence electrons. The van der Waals surface area contributed by atoms with Crippen LogP contribution in [-0.2, 0) is 0 Å². The molecule has 0 aliphatic rings. The molecule has 0 aliphatic heterocycles. The molecule has 2 N–H and O–H groups in total. The molecule has 0 unspecified atom stereocenters. The number of aromatic hydroxyl groups is 2. The molecule has 1 aromatic heterocycles. The van der Waals surface area contributed by atoms with Crippen molar-refractivity contribution in [2.24, 2.45) is 4.99 Å². The summed E-state index contributed by atoms with van der Waals surface area (Å²) in [5, 5.41) is 29.1. The number of aliphatic imine (C=N–C) groups is 1. The Morgan fingerprint density at radius 3 is 2.83 bits per heavy atom. The van der Waals surface area contributed by atoms with Crippen molar-refractivity contribution in [2.45, 2.75) is 0 Å². The number of nitrogens with zero attached hydrogens (tertiary/aromatic N) is 3. The van der Waals surface area contributed by atoms with Crippen LogP contribution in [0.5, 0.6) is 11.5 Å². The Bertz CT molecular complexity index is 623. The molecule has 1 heterocycles. The van der Waals surface area contributed by atoms with E-state index < -0.39 is 4.92 Å². The van der Waals surface area contributed by atoms with E-state index in [-0.39, 0.29) is 21.6 Å². The quantitative estimate of drug-likeness (QED) is 0.502. The van der Waals surface area contributed by atoms with Gasteiger partial charge in [0.05, 0.1) is 4.92 Å². The second kappa shape index (κ2) is 4.80. The molecule has 0 spiro atoms. The van der Waals surface area contributed by atoms with Crippen molar-refractivity contribution < 1.29 is 15.1 Å². The Labute approximate surface area is 105 Å². The number of rotatable bonds is 3. The van der Waals surface area contributed by atoms with E-state index in [0.29, 0.717) is 5.56 Å². The molecule has 0 saturated carbocycles. The molecule has 0 atom stereocenters. The molecular weight excluding hydrogens is 258 g/mol. The fraction of sp³-hybridized carbons (Fsp3) is 0. The fourth-order valence-corrected chi connectivity index (χ4v) is 1.74. The highest BCUT2D eigenvalue weighted by atomic mass is 32.1. The van der Waals surface area contributed by atoms with Crippen LogP contribution in [0.3, 0.4) is 0 Å². The lowest BCUT2D eigenvalue weighted by Crippen LogP contribution is -1.81. The normalized spacial score (nSPS) is 10.9. The van der Waals surface area contributed by atoms with Crippen molar-refractivity contribution in [3.05, 3.63) is 40.1 Å². The zero-order chi connectivity index (χ0) is 13.1. The standard InChI is InChI=1S/C10H7N3O4S/c14-7-2-1-6(8(15)3-7)4-11-10-12-5-9(18-10)13(16)17/h1-5,14-15H/b11-4-. The van der Waals surface area contributed by atoms with Crippen LogP contribution in [-0.4, -0.2) is 26.3 Å². The molecular formula is C10H7N3O4S. The van der Waals surface area contributed by atoms with E-state index in [9.17, 15) is 15.2 Å². The van der Waals surface area contributed by atoms with Gasteiger partial charge in [0.15, 0.2) is 0 Å². The molecule has 7 nitrogen and oxygen atoms in total. The van der Waals surface area contributed by atoms with Crippen molar-refractivity contribution in [3.63, 3.8) is 0 Å². The highest BCUT2D eigenvalue weighted by Crippen LogP contribution is 2.28. The van der Waals surface area contributed by atoms with E-state index in [0.717, 1.165) is 17.5 Å². The van der Waals surface area contributed by atoms with Crippen LogP contribution in [0, 0.1) is 10.1 Å². The lowest BCUT2D eigenvalue weighted by atomic mass is 10.2. The Morgan fingerprint density at radius 2 is 2.22 bits per heavy atom. The number of aromatic nitrogens is 1. The average molecular weight is 265 g/mol. The van der Waals surface area contributed by atoms with Gasteiger partial charge < -0.3 is 10.2 Å². The van der Waals surface area contributed by atoms with E-state index in [2.05, 4.69) is 9.98 Å². The molecule has 1 aromatic carbocycles. The molecule has 0 radical (unpaired) electrons. The minimum absolute atomic E-state index is 0.0606. The van der Waals surface area contributed by atoms with Gasteiger partial charge in [0.25, 0.3) is 0 Å². The molecule has 0 saturated heterocycles. The minimum atomic E-state index is -0.547. The topological polar surface area (TPSA) is 109 Å². The van der Waals surface area contributed by atoms with Gasteiger partial charge in [0.1, 0.15) is 17.7 Å². The van der Waals surface area contributed by atoms with Crippen LogP contribution in [0.25, 0.3) is 0 Å². The number of benzene rings is 1. The number of phenolic OH excluding ortho intramolecular Hbond substituents is 2. The summed E-state index contributed by atoms with van der Waals surface area (Å²) in [4.78, 5) is 17.5.